The zero-order chi connectivity index (χ0) is 24.6. The van der Waals surface area contributed by atoms with Gasteiger partial charge in [0.2, 0.25) is 0 Å². The monoisotopic (exact) mass is 500 g/mol. The highest BCUT2D eigenvalue weighted by Crippen LogP contribution is 2.34. The Hall–Kier alpha value is -2.20. The van der Waals surface area contributed by atoms with Crippen molar-refractivity contribution in [1.29, 1.82) is 0 Å². The van der Waals surface area contributed by atoms with Gasteiger partial charge in [-0.1, -0.05) is 24.8 Å². The predicted molar refractivity (Wildman–Crippen MR) is 124 cm³/mol. The van der Waals surface area contributed by atoms with Gasteiger partial charge in [-0.15, -0.1) is 0 Å². The zero-order valence-electron chi connectivity index (χ0n) is 19.1. The normalized spacial score (nSPS) is 19.9. The van der Waals surface area contributed by atoms with Crippen molar-refractivity contribution in [1.82, 2.24) is 0 Å². The third-order valence-corrected chi connectivity index (χ3v) is 9.29. The van der Waals surface area contributed by atoms with E-state index in [1.54, 1.807) is 25.1 Å². The standard InChI is InChI=1S/C23H32O8S2/c1-17(2)23(25)31-21-11-9-19(10-12-21)20(15-32(26,27)14-13-30-18(3)24)16-33(28,29)22-7-5-4-6-8-22/h4-8,19-21H,1,9-16H2,2-3H3. The molecule has 0 aromatic heterocycles. The van der Waals surface area contributed by atoms with E-state index in [9.17, 15) is 26.4 Å². The van der Waals surface area contributed by atoms with Crippen LogP contribution in [0.4, 0.5) is 0 Å². The van der Waals surface area contributed by atoms with Gasteiger partial charge in [-0.05, 0) is 56.6 Å². The Morgan fingerprint density at radius 1 is 1.00 bits per heavy atom. The Morgan fingerprint density at radius 3 is 2.15 bits per heavy atom. The van der Waals surface area contributed by atoms with E-state index in [1.165, 1.54) is 19.1 Å². The number of ether oxygens (including phenoxy) is 2. The number of rotatable bonds is 11. The van der Waals surface area contributed by atoms with Crippen LogP contribution in [0.1, 0.15) is 39.5 Å². The fourth-order valence-electron chi connectivity index (χ4n) is 3.98. The SMILES string of the molecule is C=C(C)C(=O)OC1CCC(C(CS(=O)(=O)CCOC(C)=O)CS(=O)(=O)c2ccccc2)CC1. The summed E-state index contributed by atoms with van der Waals surface area (Å²) in [5.41, 5.74) is 0.308. The van der Waals surface area contributed by atoms with Crippen LogP contribution in [0, 0.1) is 11.8 Å². The number of hydrogen-bond donors (Lipinski definition) is 0. The van der Waals surface area contributed by atoms with Gasteiger partial charge in [0.15, 0.2) is 19.7 Å². The number of esters is 2. The molecule has 8 nitrogen and oxygen atoms in total. The van der Waals surface area contributed by atoms with Crippen LogP contribution in [0.2, 0.25) is 0 Å². The van der Waals surface area contributed by atoms with Crippen molar-refractivity contribution in [2.75, 3.05) is 23.9 Å². The lowest BCUT2D eigenvalue weighted by Crippen LogP contribution is -2.35. The minimum atomic E-state index is -3.71. The van der Waals surface area contributed by atoms with Gasteiger partial charge < -0.3 is 9.47 Å². The molecule has 1 atom stereocenters. The molecule has 1 unspecified atom stereocenters. The van der Waals surface area contributed by atoms with E-state index in [-0.39, 0.29) is 40.8 Å². The Morgan fingerprint density at radius 2 is 1.61 bits per heavy atom. The van der Waals surface area contributed by atoms with Gasteiger partial charge in [-0.25, -0.2) is 21.6 Å². The molecular formula is C23H32O8S2. The van der Waals surface area contributed by atoms with E-state index in [1.807, 2.05) is 0 Å². The molecular weight excluding hydrogens is 468 g/mol. The Labute approximate surface area is 196 Å². The van der Waals surface area contributed by atoms with Crippen molar-refractivity contribution in [2.45, 2.75) is 50.5 Å². The van der Waals surface area contributed by atoms with E-state index >= 15 is 0 Å². The predicted octanol–water partition coefficient (Wildman–Crippen LogP) is 2.73. The van der Waals surface area contributed by atoms with Crippen molar-refractivity contribution in [2.24, 2.45) is 11.8 Å². The third-order valence-electron chi connectivity index (χ3n) is 5.71. The smallest absolute Gasteiger partial charge is 0.333 e. The third kappa shape index (κ3) is 8.92. The molecule has 184 valence electrons. The first-order valence-electron chi connectivity index (χ1n) is 10.9. The molecule has 1 aliphatic rings. The van der Waals surface area contributed by atoms with E-state index in [0.717, 1.165) is 0 Å². The number of hydrogen-bond acceptors (Lipinski definition) is 8. The second-order valence-electron chi connectivity index (χ2n) is 8.53. The summed E-state index contributed by atoms with van der Waals surface area (Å²) < 4.78 is 61.6. The van der Waals surface area contributed by atoms with Gasteiger partial charge in [0, 0.05) is 12.5 Å². The molecule has 1 aliphatic carbocycles. The highest BCUT2D eigenvalue weighted by Gasteiger charge is 2.35. The minimum absolute atomic E-state index is 0.149. The molecule has 0 bridgehead atoms. The Balaban J connectivity index is 2.14. The molecule has 1 aromatic carbocycles. The molecule has 0 aliphatic heterocycles. The first-order valence-corrected chi connectivity index (χ1v) is 14.3. The van der Waals surface area contributed by atoms with Crippen molar-refractivity contribution in [3.63, 3.8) is 0 Å². The largest absolute Gasteiger partial charge is 0.465 e. The van der Waals surface area contributed by atoms with Crippen LogP contribution in [-0.2, 0) is 38.7 Å². The van der Waals surface area contributed by atoms with Crippen molar-refractivity contribution < 1.29 is 35.9 Å². The summed E-state index contributed by atoms with van der Waals surface area (Å²) in [5, 5.41) is 0. The zero-order valence-corrected chi connectivity index (χ0v) is 20.7. The first kappa shape index (κ1) is 27.0. The molecule has 1 saturated carbocycles. The molecule has 0 radical (unpaired) electrons. The second kappa shape index (κ2) is 11.8. The molecule has 0 amide bonds. The van der Waals surface area contributed by atoms with E-state index in [2.05, 4.69) is 6.58 Å². The summed E-state index contributed by atoms with van der Waals surface area (Å²) in [4.78, 5) is 22.9. The van der Waals surface area contributed by atoms with Crippen LogP contribution in [-0.4, -0.2) is 58.7 Å². The summed E-state index contributed by atoms with van der Waals surface area (Å²) in [5.74, 6) is -2.81. The summed E-state index contributed by atoms with van der Waals surface area (Å²) in [6.45, 7) is 6.07. The molecule has 1 fully saturated rings. The lowest BCUT2D eigenvalue weighted by molar-refractivity contribution is -0.146. The van der Waals surface area contributed by atoms with Crippen LogP contribution >= 0.6 is 0 Å². The maximum Gasteiger partial charge on any atom is 0.333 e. The molecule has 1 aromatic rings. The second-order valence-corrected chi connectivity index (χ2v) is 12.8. The Kier molecular flexibility index (Phi) is 9.66. The molecule has 0 spiro atoms. The number of carbonyl (C=O) groups excluding carboxylic acids is 2. The van der Waals surface area contributed by atoms with Gasteiger partial charge in [0.1, 0.15) is 12.7 Å². The number of benzene rings is 1. The first-order chi connectivity index (χ1) is 15.4. The Bertz CT molecular complexity index is 1040. The van der Waals surface area contributed by atoms with Crippen LogP contribution in [0.3, 0.4) is 0 Å². The highest BCUT2D eigenvalue weighted by atomic mass is 32.2. The van der Waals surface area contributed by atoms with Gasteiger partial charge in [0.25, 0.3) is 0 Å². The summed E-state index contributed by atoms with van der Waals surface area (Å²) >= 11 is 0. The fourth-order valence-corrected chi connectivity index (χ4v) is 7.39. The molecule has 0 N–H and O–H groups in total. The average molecular weight is 501 g/mol. The molecule has 2 rings (SSSR count). The quantitative estimate of drug-likeness (QED) is 0.336. The average Bonchev–Trinajstić information content (AvgIpc) is 2.73. The van der Waals surface area contributed by atoms with Crippen LogP contribution < -0.4 is 0 Å². The van der Waals surface area contributed by atoms with Crippen LogP contribution in [0.15, 0.2) is 47.4 Å². The summed E-state index contributed by atoms with van der Waals surface area (Å²) in [6, 6.07) is 7.95. The highest BCUT2D eigenvalue weighted by molar-refractivity contribution is 7.92. The van der Waals surface area contributed by atoms with Gasteiger partial charge in [-0.3, -0.25) is 4.79 Å². The molecule has 0 heterocycles. The van der Waals surface area contributed by atoms with Crippen LogP contribution in [0.25, 0.3) is 0 Å². The lowest BCUT2D eigenvalue weighted by atomic mass is 9.80. The molecule has 0 saturated heterocycles. The van der Waals surface area contributed by atoms with E-state index in [0.29, 0.717) is 31.3 Å². The van der Waals surface area contributed by atoms with E-state index in [4.69, 9.17) is 9.47 Å². The summed E-state index contributed by atoms with van der Waals surface area (Å²) in [7, 11) is -7.37. The maximum absolute atomic E-state index is 13.0. The van der Waals surface area contributed by atoms with Crippen molar-refractivity contribution in [3.05, 3.63) is 42.5 Å². The lowest BCUT2D eigenvalue weighted by Gasteiger charge is -2.33. The van der Waals surface area contributed by atoms with Crippen LogP contribution in [0.5, 0.6) is 0 Å². The summed E-state index contributed by atoms with van der Waals surface area (Å²) in [6.07, 6.45) is 1.85. The minimum Gasteiger partial charge on any atom is -0.465 e. The molecule has 10 heteroatoms. The van der Waals surface area contributed by atoms with Crippen molar-refractivity contribution >= 4 is 31.6 Å². The molecule has 33 heavy (non-hydrogen) atoms. The van der Waals surface area contributed by atoms with Gasteiger partial charge in [0.05, 0.1) is 22.2 Å². The number of carbonyl (C=O) groups is 2. The van der Waals surface area contributed by atoms with Gasteiger partial charge in [-0.2, -0.15) is 0 Å². The fraction of sp³-hybridized carbons (Fsp3) is 0.565. The number of sulfone groups is 2. The maximum atomic E-state index is 13.0. The topological polar surface area (TPSA) is 121 Å². The van der Waals surface area contributed by atoms with Gasteiger partial charge >= 0.3 is 11.9 Å². The van der Waals surface area contributed by atoms with Crippen molar-refractivity contribution in [3.8, 4) is 0 Å². The van der Waals surface area contributed by atoms with E-state index < -0.39 is 37.5 Å².